The lowest BCUT2D eigenvalue weighted by Gasteiger charge is -2.05. The minimum atomic E-state index is -3.17. The summed E-state index contributed by atoms with van der Waals surface area (Å²) in [4.78, 5) is 13.5. The molecule has 0 aromatic carbocycles. The highest BCUT2D eigenvalue weighted by Gasteiger charge is 2.12. The molecular formula is C22H31F2N7O. The normalized spacial score (nSPS) is 13.5. The lowest BCUT2D eigenvalue weighted by atomic mass is 10.0. The number of aromatic nitrogens is 6. The van der Waals surface area contributed by atoms with Crippen molar-refractivity contribution in [3.8, 4) is 11.3 Å². The van der Waals surface area contributed by atoms with Gasteiger partial charge in [-0.15, -0.1) is 5.10 Å². The van der Waals surface area contributed by atoms with Crippen molar-refractivity contribution in [1.82, 2.24) is 29.1 Å². The quantitative estimate of drug-likeness (QED) is 0.458. The third-order valence-corrected chi connectivity index (χ3v) is 5.36. The first-order valence-corrected chi connectivity index (χ1v) is 10.7. The number of hydrogen-bond acceptors (Lipinski definition) is 6. The van der Waals surface area contributed by atoms with Gasteiger partial charge in [0.25, 0.3) is 0 Å². The summed E-state index contributed by atoms with van der Waals surface area (Å²) in [5.74, 6) is 1.53. The Labute approximate surface area is 186 Å². The fraction of sp³-hybridized carbons (Fsp3) is 0.455. The van der Waals surface area contributed by atoms with Crippen molar-refractivity contribution in [3.05, 3.63) is 36.4 Å². The van der Waals surface area contributed by atoms with Crippen LogP contribution in [0.3, 0.4) is 0 Å². The molecule has 1 saturated carbocycles. The SMILES string of the molecule is C1CCCCC1.CNc1ncc2c(-c3ccc4nc(C)n(C)c4n3)ccn2n1.OC(F)F.[HH]. The van der Waals surface area contributed by atoms with Crippen LogP contribution < -0.4 is 5.32 Å². The molecular weight excluding hydrogens is 416 g/mol. The van der Waals surface area contributed by atoms with E-state index < -0.39 is 6.61 Å². The predicted octanol–water partition coefficient (Wildman–Crippen LogP) is 4.82. The molecule has 1 fully saturated rings. The first-order valence-electron chi connectivity index (χ1n) is 10.7. The number of nitrogens with zero attached hydrogens (tertiary/aromatic N) is 6. The molecule has 2 N–H and O–H groups in total. The van der Waals surface area contributed by atoms with Crippen molar-refractivity contribution in [1.29, 1.82) is 0 Å². The van der Waals surface area contributed by atoms with Crippen molar-refractivity contribution in [2.45, 2.75) is 52.1 Å². The Kier molecular flexibility index (Phi) is 8.04. The summed E-state index contributed by atoms with van der Waals surface area (Å²) in [5, 5.41) is 14.0. The highest BCUT2D eigenvalue weighted by molar-refractivity contribution is 5.82. The summed E-state index contributed by atoms with van der Waals surface area (Å²) in [7, 11) is 3.77. The molecule has 5 rings (SSSR count). The number of aliphatic hydroxyl groups is 1. The number of alkyl halides is 2. The zero-order valence-electron chi connectivity index (χ0n) is 18.6. The monoisotopic (exact) mass is 447 g/mol. The van der Waals surface area contributed by atoms with Crippen molar-refractivity contribution in [2.24, 2.45) is 7.05 Å². The van der Waals surface area contributed by atoms with E-state index in [1.807, 2.05) is 42.9 Å². The molecule has 10 heteroatoms. The van der Waals surface area contributed by atoms with Crippen molar-refractivity contribution < 1.29 is 15.3 Å². The molecule has 0 atom stereocenters. The van der Waals surface area contributed by atoms with E-state index in [4.69, 9.17) is 10.1 Å². The molecule has 4 heterocycles. The summed E-state index contributed by atoms with van der Waals surface area (Å²) in [6, 6.07) is 5.98. The van der Waals surface area contributed by atoms with Gasteiger partial charge in [-0.2, -0.15) is 8.78 Å². The second-order valence-corrected chi connectivity index (χ2v) is 7.55. The maximum absolute atomic E-state index is 9.89. The molecule has 0 unspecified atom stereocenters. The minimum absolute atomic E-state index is 0. The van der Waals surface area contributed by atoms with Crippen LogP contribution in [-0.4, -0.2) is 47.9 Å². The molecule has 0 radical (unpaired) electrons. The van der Waals surface area contributed by atoms with Crippen LogP contribution in [0.15, 0.2) is 30.6 Å². The van der Waals surface area contributed by atoms with Crippen LogP contribution in [0.4, 0.5) is 14.7 Å². The lowest BCUT2D eigenvalue weighted by Crippen LogP contribution is -2.00. The third kappa shape index (κ3) is 5.76. The molecule has 0 bridgehead atoms. The summed E-state index contributed by atoms with van der Waals surface area (Å²) in [5.41, 5.74) is 4.59. The highest BCUT2D eigenvalue weighted by atomic mass is 19.3. The Morgan fingerprint density at radius 3 is 2.28 bits per heavy atom. The predicted molar refractivity (Wildman–Crippen MR) is 123 cm³/mol. The molecule has 174 valence electrons. The number of imidazole rings is 1. The number of hydrogen-bond donors (Lipinski definition) is 2. The van der Waals surface area contributed by atoms with Crippen LogP contribution in [0, 0.1) is 6.92 Å². The van der Waals surface area contributed by atoms with Crippen LogP contribution in [0.25, 0.3) is 27.9 Å². The second-order valence-electron chi connectivity index (χ2n) is 7.55. The molecule has 8 nitrogen and oxygen atoms in total. The van der Waals surface area contributed by atoms with Crippen molar-refractivity contribution >= 4 is 22.6 Å². The summed E-state index contributed by atoms with van der Waals surface area (Å²) in [6.07, 6.45) is 12.7. The number of rotatable bonds is 2. The Balaban J connectivity index is 0.000000294. The standard InChI is InChI=1S/C15H15N7.C6H12.CH2F2O.H2/c1-9-18-12-5-4-11(19-14(12)21(9)3)10-6-7-22-13(10)8-17-15(16-2)20-22;1-2-4-6-5-3-1;2-1(3)4;/h4-8H,1-3H3,(H,16,20);1-6H2;1,4H;1H. The number of aliphatic hydroxyl groups excluding tert-OH is 1. The first-order chi connectivity index (χ1) is 15.4. The van der Waals surface area contributed by atoms with Crippen LogP contribution in [0.5, 0.6) is 0 Å². The van der Waals surface area contributed by atoms with E-state index in [-0.39, 0.29) is 1.43 Å². The van der Waals surface area contributed by atoms with E-state index in [1.165, 1.54) is 38.5 Å². The van der Waals surface area contributed by atoms with Gasteiger partial charge in [0.15, 0.2) is 5.65 Å². The number of nitrogens with one attached hydrogen (secondary N) is 1. The van der Waals surface area contributed by atoms with E-state index >= 15 is 0 Å². The van der Waals surface area contributed by atoms with Crippen LogP contribution in [0.2, 0.25) is 0 Å². The molecule has 0 aliphatic heterocycles. The maximum atomic E-state index is 9.89. The molecule has 0 amide bonds. The third-order valence-electron chi connectivity index (χ3n) is 5.36. The summed E-state index contributed by atoms with van der Waals surface area (Å²) in [6.45, 7) is -1.19. The van der Waals surface area contributed by atoms with Gasteiger partial charge in [0, 0.05) is 27.3 Å². The number of pyridine rings is 1. The van der Waals surface area contributed by atoms with Gasteiger partial charge in [0.05, 0.1) is 17.4 Å². The molecule has 0 saturated heterocycles. The van der Waals surface area contributed by atoms with Gasteiger partial charge in [0.1, 0.15) is 11.3 Å². The van der Waals surface area contributed by atoms with E-state index in [0.29, 0.717) is 5.95 Å². The van der Waals surface area contributed by atoms with E-state index in [2.05, 4.69) is 20.4 Å². The minimum Gasteiger partial charge on any atom is -0.356 e. The second kappa shape index (κ2) is 10.9. The fourth-order valence-electron chi connectivity index (χ4n) is 3.62. The van der Waals surface area contributed by atoms with Crippen LogP contribution in [0.1, 0.15) is 45.8 Å². The smallest absolute Gasteiger partial charge is 0.342 e. The average molecular weight is 448 g/mol. The molecule has 1 aliphatic rings. The van der Waals surface area contributed by atoms with Gasteiger partial charge in [0.2, 0.25) is 5.95 Å². The lowest BCUT2D eigenvalue weighted by molar-refractivity contribution is -0.0728. The Morgan fingerprint density at radius 1 is 1.06 bits per heavy atom. The maximum Gasteiger partial charge on any atom is 0.342 e. The molecule has 0 spiro atoms. The Bertz CT molecular complexity index is 1140. The first kappa shape index (κ1) is 23.5. The number of fused-ring (bicyclic) bond motifs is 2. The summed E-state index contributed by atoms with van der Waals surface area (Å²) < 4.78 is 23.6. The van der Waals surface area contributed by atoms with Gasteiger partial charge in [-0.1, -0.05) is 38.5 Å². The average Bonchev–Trinajstić information content (AvgIpc) is 3.35. The van der Waals surface area contributed by atoms with E-state index in [0.717, 1.165) is 33.8 Å². The van der Waals surface area contributed by atoms with E-state index in [1.54, 1.807) is 17.8 Å². The topological polar surface area (TPSA) is 93.2 Å². The largest absolute Gasteiger partial charge is 0.356 e. The molecule has 1 aliphatic carbocycles. The highest BCUT2D eigenvalue weighted by Crippen LogP contribution is 2.25. The number of halogens is 2. The molecule has 4 aromatic rings. The van der Waals surface area contributed by atoms with Crippen molar-refractivity contribution in [2.75, 3.05) is 12.4 Å². The summed E-state index contributed by atoms with van der Waals surface area (Å²) >= 11 is 0. The van der Waals surface area contributed by atoms with Gasteiger partial charge in [-0.3, -0.25) is 0 Å². The fourth-order valence-corrected chi connectivity index (χ4v) is 3.62. The Hall–Kier alpha value is -3.14. The van der Waals surface area contributed by atoms with E-state index in [9.17, 15) is 8.78 Å². The number of anilines is 1. The zero-order valence-corrected chi connectivity index (χ0v) is 18.6. The van der Waals surface area contributed by atoms with Crippen LogP contribution in [-0.2, 0) is 7.05 Å². The van der Waals surface area contributed by atoms with Gasteiger partial charge < -0.3 is 15.0 Å². The molecule has 4 aromatic heterocycles. The zero-order chi connectivity index (χ0) is 23.1. The van der Waals surface area contributed by atoms with Crippen molar-refractivity contribution in [3.63, 3.8) is 0 Å². The van der Waals surface area contributed by atoms with Gasteiger partial charge in [-0.05, 0) is 25.1 Å². The van der Waals surface area contributed by atoms with Gasteiger partial charge >= 0.3 is 6.61 Å². The molecule has 32 heavy (non-hydrogen) atoms. The van der Waals surface area contributed by atoms with Gasteiger partial charge in [-0.25, -0.2) is 19.5 Å². The Morgan fingerprint density at radius 2 is 1.69 bits per heavy atom. The van der Waals surface area contributed by atoms with Crippen LogP contribution >= 0.6 is 0 Å². The number of aryl methyl sites for hydroxylation is 2.